The Morgan fingerprint density at radius 3 is 2.63 bits per heavy atom. The zero-order valence-corrected chi connectivity index (χ0v) is 15.9. The van der Waals surface area contributed by atoms with Crippen LogP contribution in [-0.2, 0) is 6.54 Å². The molecule has 4 rings (SSSR count). The van der Waals surface area contributed by atoms with Crippen molar-refractivity contribution < 1.29 is 0 Å². The van der Waals surface area contributed by atoms with E-state index in [2.05, 4.69) is 47.7 Å². The number of rotatable bonds is 5. The molecule has 4 aromatic heterocycles. The van der Waals surface area contributed by atoms with Gasteiger partial charge in [-0.05, 0) is 31.4 Å². The number of aryl methyl sites for hydroxylation is 2. The lowest BCUT2D eigenvalue weighted by molar-refractivity contribution is 0.964. The van der Waals surface area contributed by atoms with E-state index < -0.39 is 0 Å². The number of hydrogen-bond acceptors (Lipinski definition) is 7. The molecule has 0 aliphatic carbocycles. The van der Waals surface area contributed by atoms with Crippen LogP contribution in [0.2, 0.25) is 0 Å². The zero-order chi connectivity index (χ0) is 18.6. The molecule has 134 valence electrons. The second-order valence-electron chi connectivity index (χ2n) is 6.13. The second kappa shape index (κ2) is 7.59. The Morgan fingerprint density at radius 1 is 0.963 bits per heavy atom. The number of anilines is 1. The van der Waals surface area contributed by atoms with Crippen molar-refractivity contribution >= 4 is 17.2 Å². The Labute approximate surface area is 161 Å². The van der Waals surface area contributed by atoms with Gasteiger partial charge in [0.2, 0.25) is 0 Å². The average Bonchev–Trinajstić information content (AvgIpc) is 3.22. The van der Waals surface area contributed by atoms with Crippen molar-refractivity contribution in [2.75, 3.05) is 5.32 Å². The third-order valence-electron chi connectivity index (χ3n) is 3.96. The van der Waals surface area contributed by atoms with Crippen LogP contribution >= 0.6 is 11.3 Å². The molecular formula is C20H18N6S. The number of aromatic nitrogens is 5. The van der Waals surface area contributed by atoms with E-state index in [0.29, 0.717) is 12.4 Å². The lowest BCUT2D eigenvalue weighted by Crippen LogP contribution is -2.06. The molecule has 0 fully saturated rings. The number of nitrogens with zero attached hydrogens (tertiary/aromatic N) is 5. The average molecular weight is 374 g/mol. The van der Waals surface area contributed by atoms with Gasteiger partial charge in [0.05, 0.1) is 29.8 Å². The molecule has 0 amide bonds. The molecule has 6 nitrogen and oxygen atoms in total. The molecule has 0 aliphatic rings. The Morgan fingerprint density at radius 2 is 1.85 bits per heavy atom. The fraction of sp³-hybridized carbons (Fsp3) is 0.150. The Hall–Kier alpha value is -3.19. The molecular weight excluding hydrogens is 356 g/mol. The minimum absolute atomic E-state index is 0.552. The lowest BCUT2D eigenvalue weighted by Gasteiger charge is -2.09. The quantitative estimate of drug-likeness (QED) is 0.562. The minimum atomic E-state index is 0.552. The molecule has 1 N–H and O–H groups in total. The first-order valence-electron chi connectivity index (χ1n) is 8.54. The van der Waals surface area contributed by atoms with E-state index in [1.807, 2.05) is 38.4 Å². The summed E-state index contributed by atoms with van der Waals surface area (Å²) < 4.78 is 0. The van der Waals surface area contributed by atoms with Crippen molar-refractivity contribution in [3.63, 3.8) is 0 Å². The summed E-state index contributed by atoms with van der Waals surface area (Å²) in [6.45, 7) is 4.36. The van der Waals surface area contributed by atoms with Crippen LogP contribution in [0.4, 0.5) is 5.82 Å². The molecule has 0 radical (unpaired) electrons. The van der Waals surface area contributed by atoms with Crippen LogP contribution in [0.25, 0.3) is 21.7 Å². The Kier molecular flexibility index (Phi) is 4.84. The van der Waals surface area contributed by atoms with Gasteiger partial charge in [0.1, 0.15) is 11.6 Å². The first kappa shape index (κ1) is 17.2. The fourth-order valence-corrected chi connectivity index (χ4v) is 3.36. The molecule has 4 aromatic rings. The fourth-order valence-electron chi connectivity index (χ4n) is 2.66. The summed E-state index contributed by atoms with van der Waals surface area (Å²) in [5, 5.41) is 5.36. The summed E-state index contributed by atoms with van der Waals surface area (Å²) in [5.41, 5.74) is 4.65. The van der Waals surface area contributed by atoms with Gasteiger partial charge in [-0.2, -0.15) is 0 Å². The summed E-state index contributed by atoms with van der Waals surface area (Å²) in [6.07, 6.45) is 7.23. The van der Waals surface area contributed by atoms with Crippen LogP contribution in [0.1, 0.15) is 17.2 Å². The number of hydrogen-bond donors (Lipinski definition) is 1. The van der Waals surface area contributed by atoms with E-state index >= 15 is 0 Å². The molecule has 0 unspecified atom stereocenters. The van der Waals surface area contributed by atoms with E-state index in [9.17, 15) is 0 Å². The van der Waals surface area contributed by atoms with Crippen molar-refractivity contribution in [3.05, 3.63) is 71.6 Å². The Balaban J connectivity index is 1.59. The number of thiophene rings is 1. The molecule has 7 heteroatoms. The van der Waals surface area contributed by atoms with Crippen molar-refractivity contribution in [1.82, 2.24) is 24.9 Å². The smallest absolute Gasteiger partial charge is 0.130 e. The van der Waals surface area contributed by atoms with Gasteiger partial charge in [0.15, 0.2) is 0 Å². The summed E-state index contributed by atoms with van der Waals surface area (Å²) in [5.74, 6) is 1.45. The van der Waals surface area contributed by atoms with Gasteiger partial charge in [0.25, 0.3) is 0 Å². The molecule has 27 heavy (non-hydrogen) atoms. The van der Waals surface area contributed by atoms with Gasteiger partial charge in [-0.1, -0.05) is 6.07 Å². The topological polar surface area (TPSA) is 76.5 Å². The zero-order valence-electron chi connectivity index (χ0n) is 15.0. The maximum atomic E-state index is 4.58. The maximum Gasteiger partial charge on any atom is 0.130 e. The highest BCUT2D eigenvalue weighted by atomic mass is 32.1. The van der Waals surface area contributed by atoms with Gasteiger partial charge in [-0.3, -0.25) is 15.0 Å². The molecule has 0 atom stereocenters. The summed E-state index contributed by atoms with van der Waals surface area (Å²) in [7, 11) is 0. The molecule has 0 aromatic carbocycles. The minimum Gasteiger partial charge on any atom is -0.364 e. The van der Waals surface area contributed by atoms with Crippen LogP contribution < -0.4 is 5.32 Å². The van der Waals surface area contributed by atoms with Gasteiger partial charge < -0.3 is 5.32 Å². The first-order valence-corrected chi connectivity index (χ1v) is 9.42. The van der Waals surface area contributed by atoms with Crippen molar-refractivity contribution in [3.8, 4) is 21.7 Å². The monoisotopic (exact) mass is 374 g/mol. The number of pyridine rings is 1. The van der Waals surface area contributed by atoms with Crippen LogP contribution in [0.5, 0.6) is 0 Å². The van der Waals surface area contributed by atoms with Gasteiger partial charge in [-0.25, -0.2) is 9.97 Å². The van der Waals surface area contributed by atoms with Crippen LogP contribution in [-0.4, -0.2) is 24.9 Å². The van der Waals surface area contributed by atoms with Crippen LogP contribution in [0.15, 0.2) is 54.4 Å². The third-order valence-corrected chi connectivity index (χ3v) is 4.88. The summed E-state index contributed by atoms with van der Waals surface area (Å²) in [4.78, 5) is 23.2. The largest absolute Gasteiger partial charge is 0.364 e. The van der Waals surface area contributed by atoms with E-state index in [1.54, 1.807) is 23.7 Å². The highest BCUT2D eigenvalue weighted by Gasteiger charge is 2.08. The SMILES string of the molecule is Cc1cnc(CNc2cc(-c3cncc(-c4cccs4)c3)nc(C)n2)cn1. The molecule has 0 saturated heterocycles. The maximum absolute atomic E-state index is 4.58. The first-order chi connectivity index (χ1) is 13.2. The normalized spacial score (nSPS) is 10.7. The second-order valence-corrected chi connectivity index (χ2v) is 7.08. The predicted molar refractivity (Wildman–Crippen MR) is 107 cm³/mol. The van der Waals surface area contributed by atoms with Crippen LogP contribution in [0.3, 0.4) is 0 Å². The molecule has 0 aliphatic heterocycles. The third kappa shape index (κ3) is 4.15. The van der Waals surface area contributed by atoms with E-state index in [4.69, 9.17) is 0 Å². The van der Waals surface area contributed by atoms with Gasteiger partial charge in [0, 0.05) is 40.7 Å². The molecule has 4 heterocycles. The summed E-state index contributed by atoms with van der Waals surface area (Å²) >= 11 is 1.69. The van der Waals surface area contributed by atoms with E-state index in [-0.39, 0.29) is 0 Å². The van der Waals surface area contributed by atoms with Gasteiger partial charge >= 0.3 is 0 Å². The lowest BCUT2D eigenvalue weighted by atomic mass is 10.1. The summed E-state index contributed by atoms with van der Waals surface area (Å²) in [6, 6.07) is 8.17. The Bertz CT molecular complexity index is 1040. The predicted octanol–water partition coefficient (Wildman–Crippen LogP) is 4.29. The van der Waals surface area contributed by atoms with Crippen LogP contribution in [0, 0.1) is 13.8 Å². The van der Waals surface area contributed by atoms with Crippen molar-refractivity contribution in [1.29, 1.82) is 0 Å². The van der Waals surface area contributed by atoms with Crippen molar-refractivity contribution in [2.45, 2.75) is 20.4 Å². The standard InChI is InChI=1S/C20H18N6S/c1-13-8-23-17(11-22-13)12-24-20-7-18(25-14(2)26-20)15-6-16(10-21-9-15)19-4-3-5-27-19/h3-11H,12H2,1-2H3,(H,24,25,26). The number of nitrogens with one attached hydrogen (secondary N) is 1. The molecule has 0 saturated carbocycles. The van der Waals surface area contributed by atoms with E-state index in [1.165, 1.54) is 4.88 Å². The molecule has 0 spiro atoms. The highest BCUT2D eigenvalue weighted by molar-refractivity contribution is 7.13. The molecule has 0 bridgehead atoms. The van der Waals surface area contributed by atoms with Gasteiger partial charge in [-0.15, -0.1) is 11.3 Å². The highest BCUT2D eigenvalue weighted by Crippen LogP contribution is 2.28. The van der Waals surface area contributed by atoms with Crippen molar-refractivity contribution in [2.24, 2.45) is 0 Å². The van der Waals surface area contributed by atoms with E-state index in [0.717, 1.165) is 34.0 Å².